The smallest absolute Gasteiger partial charge is 0.376 e. The topological polar surface area (TPSA) is 55.4 Å². The second-order valence-corrected chi connectivity index (χ2v) is 9.11. The quantitative estimate of drug-likeness (QED) is 0.272. The molecule has 0 aliphatic heterocycles. The Hall–Kier alpha value is -0.0231. The third-order valence-corrected chi connectivity index (χ3v) is 7.84. The second-order valence-electron chi connectivity index (χ2n) is 6.22. The van der Waals surface area contributed by atoms with Crippen molar-refractivity contribution in [3.8, 4) is 0 Å². The highest BCUT2D eigenvalue weighted by molar-refractivity contribution is 6.62. The van der Waals surface area contributed by atoms with Gasteiger partial charge in [0, 0.05) is 32.5 Å². The maximum atomic E-state index is 6.04. The predicted molar refractivity (Wildman–Crippen MR) is 106 cm³/mol. The van der Waals surface area contributed by atoms with Gasteiger partial charge in [0.2, 0.25) is 0 Å². The van der Waals surface area contributed by atoms with E-state index in [1.54, 1.807) is 7.11 Å². The van der Waals surface area contributed by atoms with Crippen LogP contribution in [0.25, 0.3) is 0 Å². The lowest BCUT2D eigenvalue weighted by Gasteiger charge is -2.36. The molecule has 0 aliphatic carbocycles. The average Bonchev–Trinajstić information content (AvgIpc) is 2.62. The van der Waals surface area contributed by atoms with Crippen molar-refractivity contribution in [2.75, 3.05) is 33.5 Å². The molecule has 0 aromatic heterocycles. The van der Waals surface area contributed by atoms with Crippen LogP contribution in [0, 0.1) is 6.92 Å². The molecule has 1 radical (unpaired) electrons. The molecule has 0 N–H and O–H groups in total. The van der Waals surface area contributed by atoms with E-state index in [0.717, 1.165) is 19.3 Å². The molecule has 157 valence electrons. The maximum Gasteiger partial charge on any atom is 0.504 e. The number of ether oxygens (including phenoxy) is 3. The van der Waals surface area contributed by atoms with Crippen molar-refractivity contribution in [1.29, 1.82) is 0 Å². The molecule has 0 saturated heterocycles. The van der Waals surface area contributed by atoms with Gasteiger partial charge >= 0.3 is 8.80 Å². The zero-order valence-electron chi connectivity index (χ0n) is 17.9. The lowest BCUT2D eigenvalue weighted by atomic mass is 10.2. The normalized spacial score (nSPS) is 17.1. The molecule has 0 amide bonds. The molecule has 4 atom stereocenters. The van der Waals surface area contributed by atoms with Gasteiger partial charge in [-0.3, -0.25) is 0 Å². The minimum atomic E-state index is -2.75. The van der Waals surface area contributed by atoms with Crippen LogP contribution < -0.4 is 0 Å². The maximum absolute atomic E-state index is 6.04. The highest BCUT2D eigenvalue weighted by Gasteiger charge is 2.48. The van der Waals surface area contributed by atoms with Gasteiger partial charge in [-0.2, -0.15) is 0 Å². The third kappa shape index (κ3) is 9.26. The predicted octanol–water partition coefficient (Wildman–Crippen LogP) is 4.21. The van der Waals surface area contributed by atoms with Crippen LogP contribution >= 0.6 is 0 Å². The number of rotatable bonds is 17. The van der Waals surface area contributed by atoms with E-state index in [1.165, 1.54) is 0 Å². The van der Waals surface area contributed by atoms with Gasteiger partial charge in [-0.05, 0) is 53.9 Å². The van der Waals surface area contributed by atoms with Crippen LogP contribution in [0.4, 0.5) is 0 Å². The Labute approximate surface area is 162 Å². The van der Waals surface area contributed by atoms with Gasteiger partial charge in [0.05, 0.1) is 18.8 Å². The van der Waals surface area contributed by atoms with Gasteiger partial charge in [-0.15, -0.1) is 0 Å². The van der Waals surface area contributed by atoms with E-state index in [4.69, 9.17) is 27.5 Å². The SMILES string of the molecule is [CH2]C(CC(CC)[Si](OCC)(OCC)OCC)OCC(C)OC(CC)OC. The van der Waals surface area contributed by atoms with Crippen LogP contribution in [-0.2, 0) is 27.5 Å². The van der Waals surface area contributed by atoms with Gasteiger partial charge in [0.1, 0.15) is 0 Å². The van der Waals surface area contributed by atoms with Crippen molar-refractivity contribution in [2.45, 2.75) is 84.8 Å². The summed E-state index contributed by atoms with van der Waals surface area (Å²) in [5, 5.41) is 0. The molecule has 0 heterocycles. The van der Waals surface area contributed by atoms with E-state index in [9.17, 15) is 0 Å². The highest BCUT2D eigenvalue weighted by Crippen LogP contribution is 2.34. The molecule has 4 unspecified atom stereocenters. The molecule has 0 spiro atoms. The third-order valence-electron chi connectivity index (χ3n) is 4.12. The zero-order valence-corrected chi connectivity index (χ0v) is 18.9. The van der Waals surface area contributed by atoms with Crippen molar-refractivity contribution >= 4 is 8.80 Å². The molecular formula is C19H41O6Si. The molecule has 0 aliphatic rings. The summed E-state index contributed by atoms with van der Waals surface area (Å²) in [4.78, 5) is 0. The first kappa shape index (κ1) is 26.0. The van der Waals surface area contributed by atoms with Crippen LogP contribution in [-0.4, -0.2) is 60.8 Å². The van der Waals surface area contributed by atoms with Gasteiger partial charge in [0.25, 0.3) is 0 Å². The zero-order chi connectivity index (χ0) is 20.0. The first-order valence-corrected chi connectivity index (χ1v) is 11.8. The molecule has 0 saturated carbocycles. The Bertz CT molecular complexity index is 310. The fraction of sp³-hybridized carbons (Fsp3) is 0.947. The Kier molecular flexibility index (Phi) is 15.0. The Morgan fingerprint density at radius 3 is 1.81 bits per heavy atom. The molecule has 0 fully saturated rings. The summed E-state index contributed by atoms with van der Waals surface area (Å²) in [5.74, 6) is 0. The van der Waals surface area contributed by atoms with E-state index in [2.05, 4.69) is 13.8 Å². The minimum Gasteiger partial charge on any atom is -0.376 e. The largest absolute Gasteiger partial charge is 0.504 e. The summed E-state index contributed by atoms with van der Waals surface area (Å²) in [6.45, 7) is 18.4. The number of hydrogen-bond acceptors (Lipinski definition) is 6. The summed E-state index contributed by atoms with van der Waals surface area (Å²) >= 11 is 0. The van der Waals surface area contributed by atoms with Crippen molar-refractivity contribution in [2.24, 2.45) is 0 Å². The molecule has 0 aromatic carbocycles. The molecular weight excluding hydrogens is 352 g/mol. The molecule has 7 heteroatoms. The Morgan fingerprint density at radius 1 is 0.885 bits per heavy atom. The van der Waals surface area contributed by atoms with Gasteiger partial charge in [0.15, 0.2) is 6.29 Å². The Balaban J connectivity index is 4.74. The first-order valence-electron chi connectivity index (χ1n) is 9.97. The van der Waals surface area contributed by atoms with Crippen molar-refractivity contribution in [3.05, 3.63) is 6.92 Å². The monoisotopic (exact) mass is 393 g/mol. The average molecular weight is 394 g/mol. The van der Waals surface area contributed by atoms with E-state index >= 15 is 0 Å². The minimum absolute atomic E-state index is 0.0584. The standard InChI is InChI=1S/C19H41O6Si/c1-9-18(26(22-11-3,23-12-4)24-13-5)14-16(6)21-15-17(7)25-19(10-2)20-8/h16-19H,6,9-15H2,1-5,7-8H3. The summed E-state index contributed by atoms with van der Waals surface area (Å²) in [6, 6.07) is 0. The summed E-state index contributed by atoms with van der Waals surface area (Å²) in [7, 11) is -1.10. The molecule has 26 heavy (non-hydrogen) atoms. The van der Waals surface area contributed by atoms with Crippen molar-refractivity contribution in [1.82, 2.24) is 0 Å². The fourth-order valence-electron chi connectivity index (χ4n) is 2.92. The summed E-state index contributed by atoms with van der Waals surface area (Å²) in [6.07, 6.45) is 2.00. The second kappa shape index (κ2) is 15.0. The van der Waals surface area contributed by atoms with Crippen molar-refractivity contribution in [3.63, 3.8) is 0 Å². The van der Waals surface area contributed by atoms with Crippen LogP contribution in [0.3, 0.4) is 0 Å². The summed E-state index contributed by atoms with van der Waals surface area (Å²) in [5.41, 5.74) is 0.156. The first-order chi connectivity index (χ1) is 12.4. The summed E-state index contributed by atoms with van der Waals surface area (Å²) < 4.78 is 35.1. The molecule has 6 nitrogen and oxygen atoms in total. The van der Waals surface area contributed by atoms with Crippen LogP contribution in [0.1, 0.15) is 60.8 Å². The van der Waals surface area contributed by atoms with E-state index < -0.39 is 8.80 Å². The lowest BCUT2D eigenvalue weighted by molar-refractivity contribution is -0.167. The number of hydrogen-bond donors (Lipinski definition) is 0. The van der Waals surface area contributed by atoms with E-state index in [1.807, 2.05) is 34.6 Å². The van der Waals surface area contributed by atoms with Gasteiger partial charge < -0.3 is 27.5 Å². The molecule has 0 rings (SSSR count). The highest BCUT2D eigenvalue weighted by atomic mass is 28.4. The van der Waals surface area contributed by atoms with Gasteiger partial charge in [-0.25, -0.2) is 0 Å². The molecule has 0 aromatic rings. The van der Waals surface area contributed by atoms with Gasteiger partial charge in [-0.1, -0.05) is 13.8 Å². The van der Waals surface area contributed by atoms with Crippen LogP contribution in [0.15, 0.2) is 0 Å². The van der Waals surface area contributed by atoms with Crippen LogP contribution in [0.2, 0.25) is 5.54 Å². The lowest BCUT2D eigenvalue weighted by Crippen LogP contribution is -2.51. The number of methoxy groups -OCH3 is 1. The molecule has 0 bridgehead atoms. The van der Waals surface area contributed by atoms with E-state index in [-0.39, 0.29) is 24.0 Å². The van der Waals surface area contributed by atoms with Crippen molar-refractivity contribution < 1.29 is 27.5 Å². The van der Waals surface area contributed by atoms with Crippen LogP contribution in [0.5, 0.6) is 0 Å². The fourth-order valence-corrected chi connectivity index (χ4v) is 6.13. The van der Waals surface area contributed by atoms with E-state index in [0.29, 0.717) is 26.4 Å². The Morgan fingerprint density at radius 2 is 1.42 bits per heavy atom.